The van der Waals surface area contributed by atoms with Crippen molar-refractivity contribution < 1.29 is 14.6 Å². The molecule has 0 aliphatic carbocycles. The van der Waals surface area contributed by atoms with Crippen LogP contribution in [0.3, 0.4) is 0 Å². The molecule has 1 aromatic rings. The Hall–Kier alpha value is -1.40. The fourth-order valence-corrected chi connectivity index (χ4v) is 2.35. The highest BCUT2D eigenvalue weighted by Gasteiger charge is 2.22. The Bertz CT molecular complexity index is 456. The van der Waals surface area contributed by atoms with Crippen molar-refractivity contribution in [3.8, 4) is 0 Å². The molecule has 18 heavy (non-hydrogen) atoms. The van der Waals surface area contributed by atoms with Crippen molar-refractivity contribution in [2.45, 2.75) is 26.5 Å². The lowest BCUT2D eigenvalue weighted by molar-refractivity contribution is -0.0293. The predicted molar refractivity (Wildman–Crippen MR) is 65.9 cm³/mol. The van der Waals surface area contributed by atoms with Crippen molar-refractivity contribution in [2.75, 3.05) is 26.7 Å². The summed E-state index contributed by atoms with van der Waals surface area (Å²) in [5.41, 5.74) is 1.56. The molecule has 1 saturated heterocycles. The zero-order valence-electron chi connectivity index (χ0n) is 11.0. The van der Waals surface area contributed by atoms with Crippen LogP contribution in [-0.2, 0) is 11.3 Å². The van der Waals surface area contributed by atoms with Gasteiger partial charge in [-0.15, -0.1) is 0 Å². The molecule has 1 aromatic heterocycles. The molecule has 1 aliphatic rings. The number of hydrogen-bond donors (Lipinski definition) is 1. The van der Waals surface area contributed by atoms with Gasteiger partial charge < -0.3 is 14.7 Å². The van der Waals surface area contributed by atoms with E-state index in [1.807, 2.05) is 0 Å². The van der Waals surface area contributed by atoms with Crippen LogP contribution < -0.4 is 0 Å². The van der Waals surface area contributed by atoms with Crippen molar-refractivity contribution in [1.29, 1.82) is 0 Å². The van der Waals surface area contributed by atoms with Gasteiger partial charge in [0, 0.05) is 13.1 Å². The molecule has 100 valence electrons. The molecular weight excluding hydrogens is 234 g/mol. The molecule has 0 amide bonds. The summed E-state index contributed by atoms with van der Waals surface area (Å²) in [5.74, 6) is -0.919. The smallest absolute Gasteiger partial charge is 0.339 e. The fraction of sp³-hybridized carbons (Fsp3) is 0.667. The van der Waals surface area contributed by atoms with E-state index >= 15 is 0 Å². The highest BCUT2D eigenvalue weighted by atomic mass is 16.5. The van der Waals surface area contributed by atoms with Crippen LogP contribution in [0.15, 0.2) is 0 Å². The Kier molecular flexibility index (Phi) is 3.68. The van der Waals surface area contributed by atoms with E-state index in [0.29, 0.717) is 30.1 Å². The van der Waals surface area contributed by atoms with Crippen LogP contribution in [0.2, 0.25) is 0 Å². The summed E-state index contributed by atoms with van der Waals surface area (Å²) >= 11 is 0. The van der Waals surface area contributed by atoms with E-state index in [-0.39, 0.29) is 6.10 Å². The van der Waals surface area contributed by atoms with Gasteiger partial charge in [-0.3, -0.25) is 4.68 Å². The summed E-state index contributed by atoms with van der Waals surface area (Å²) in [6, 6.07) is 0. The van der Waals surface area contributed by atoms with Gasteiger partial charge in [-0.2, -0.15) is 5.10 Å². The Morgan fingerprint density at radius 1 is 1.56 bits per heavy atom. The summed E-state index contributed by atoms with van der Waals surface area (Å²) in [7, 11) is 2.05. The van der Waals surface area contributed by atoms with Crippen LogP contribution in [0.4, 0.5) is 0 Å². The number of ether oxygens (including phenoxy) is 1. The molecule has 6 nitrogen and oxygen atoms in total. The van der Waals surface area contributed by atoms with Crippen molar-refractivity contribution in [3.05, 3.63) is 17.0 Å². The van der Waals surface area contributed by atoms with E-state index in [1.54, 1.807) is 18.5 Å². The maximum absolute atomic E-state index is 11.1. The average Bonchev–Trinajstić information content (AvgIpc) is 2.54. The van der Waals surface area contributed by atoms with E-state index in [4.69, 9.17) is 9.84 Å². The third-order valence-electron chi connectivity index (χ3n) is 3.31. The van der Waals surface area contributed by atoms with E-state index in [2.05, 4.69) is 17.0 Å². The molecule has 1 aliphatic heterocycles. The maximum Gasteiger partial charge on any atom is 0.339 e. The minimum absolute atomic E-state index is 0.0726. The number of morpholine rings is 1. The largest absolute Gasteiger partial charge is 0.478 e. The Morgan fingerprint density at radius 2 is 2.28 bits per heavy atom. The molecule has 0 saturated carbocycles. The Balaban J connectivity index is 2.14. The number of nitrogens with zero attached hydrogens (tertiary/aromatic N) is 3. The minimum Gasteiger partial charge on any atom is -0.478 e. The van der Waals surface area contributed by atoms with Crippen LogP contribution in [0.25, 0.3) is 0 Å². The molecule has 2 heterocycles. The Morgan fingerprint density at radius 3 is 2.83 bits per heavy atom. The molecule has 1 N–H and O–H groups in total. The van der Waals surface area contributed by atoms with Crippen LogP contribution in [-0.4, -0.2) is 58.6 Å². The SMILES string of the molecule is Cc1nn(CC2CN(C)CCO2)c(C)c1C(=O)O. The van der Waals surface area contributed by atoms with Gasteiger partial charge in [0.25, 0.3) is 0 Å². The molecule has 1 unspecified atom stereocenters. The van der Waals surface area contributed by atoms with Gasteiger partial charge in [0.2, 0.25) is 0 Å². The number of likely N-dealkylation sites (N-methyl/N-ethyl adjacent to an activating group) is 1. The summed E-state index contributed by atoms with van der Waals surface area (Å²) in [6.07, 6.45) is 0.0726. The molecule has 2 rings (SSSR count). The number of rotatable bonds is 3. The first-order chi connectivity index (χ1) is 8.49. The van der Waals surface area contributed by atoms with Crippen molar-refractivity contribution >= 4 is 5.97 Å². The van der Waals surface area contributed by atoms with Gasteiger partial charge in [0.1, 0.15) is 5.56 Å². The predicted octanol–water partition coefficient (Wildman–Crippen LogP) is 0.529. The lowest BCUT2D eigenvalue weighted by atomic mass is 10.2. The topological polar surface area (TPSA) is 67.6 Å². The van der Waals surface area contributed by atoms with Gasteiger partial charge in [0.15, 0.2) is 0 Å². The Labute approximate surface area is 106 Å². The standard InChI is InChI=1S/C12H19N3O3/c1-8-11(12(16)17)9(2)15(13-8)7-10-6-14(3)4-5-18-10/h10H,4-7H2,1-3H3,(H,16,17). The third kappa shape index (κ3) is 2.54. The van der Waals surface area contributed by atoms with Crippen molar-refractivity contribution in [2.24, 2.45) is 0 Å². The van der Waals surface area contributed by atoms with Gasteiger partial charge in [-0.1, -0.05) is 0 Å². The quantitative estimate of drug-likeness (QED) is 0.851. The molecular formula is C12H19N3O3. The normalized spacial score (nSPS) is 21.2. The zero-order valence-corrected chi connectivity index (χ0v) is 11.0. The van der Waals surface area contributed by atoms with E-state index in [0.717, 1.165) is 13.1 Å². The number of carboxylic acid groups (broad SMARTS) is 1. The number of aryl methyl sites for hydroxylation is 1. The van der Waals surface area contributed by atoms with Gasteiger partial charge >= 0.3 is 5.97 Å². The summed E-state index contributed by atoms with van der Waals surface area (Å²) in [5, 5.41) is 13.4. The van der Waals surface area contributed by atoms with E-state index in [1.165, 1.54) is 0 Å². The van der Waals surface area contributed by atoms with Crippen molar-refractivity contribution in [1.82, 2.24) is 14.7 Å². The van der Waals surface area contributed by atoms with Crippen LogP contribution in [0.5, 0.6) is 0 Å². The minimum atomic E-state index is -0.919. The summed E-state index contributed by atoms with van der Waals surface area (Å²) in [4.78, 5) is 13.3. The first kappa shape index (κ1) is 13.0. The average molecular weight is 253 g/mol. The van der Waals surface area contributed by atoms with Crippen LogP contribution in [0, 0.1) is 13.8 Å². The van der Waals surface area contributed by atoms with Crippen LogP contribution in [0.1, 0.15) is 21.7 Å². The third-order valence-corrected chi connectivity index (χ3v) is 3.31. The molecule has 1 fully saturated rings. The highest BCUT2D eigenvalue weighted by molar-refractivity contribution is 5.90. The second-order valence-electron chi connectivity index (χ2n) is 4.79. The number of hydrogen-bond acceptors (Lipinski definition) is 4. The molecule has 1 atom stereocenters. The second kappa shape index (κ2) is 5.07. The summed E-state index contributed by atoms with van der Waals surface area (Å²) < 4.78 is 7.41. The van der Waals surface area contributed by atoms with E-state index in [9.17, 15) is 4.79 Å². The molecule has 0 bridgehead atoms. The zero-order chi connectivity index (χ0) is 13.3. The van der Waals surface area contributed by atoms with Gasteiger partial charge in [-0.05, 0) is 20.9 Å². The molecule has 0 aromatic carbocycles. The van der Waals surface area contributed by atoms with Gasteiger partial charge in [0.05, 0.1) is 30.6 Å². The summed E-state index contributed by atoms with van der Waals surface area (Å²) in [6.45, 7) is 6.61. The molecule has 6 heteroatoms. The number of carbonyl (C=O) groups is 1. The number of aromatic carboxylic acids is 1. The van der Waals surface area contributed by atoms with Crippen LogP contribution >= 0.6 is 0 Å². The first-order valence-electron chi connectivity index (χ1n) is 6.06. The molecule has 0 spiro atoms. The number of carboxylic acids is 1. The number of aromatic nitrogens is 2. The second-order valence-corrected chi connectivity index (χ2v) is 4.79. The van der Waals surface area contributed by atoms with Gasteiger partial charge in [-0.25, -0.2) is 4.79 Å². The monoisotopic (exact) mass is 253 g/mol. The maximum atomic E-state index is 11.1. The first-order valence-corrected chi connectivity index (χ1v) is 6.06. The van der Waals surface area contributed by atoms with Crippen molar-refractivity contribution in [3.63, 3.8) is 0 Å². The van der Waals surface area contributed by atoms with E-state index < -0.39 is 5.97 Å². The lowest BCUT2D eigenvalue weighted by Crippen LogP contribution is -2.42. The fourth-order valence-electron chi connectivity index (χ4n) is 2.35. The molecule has 0 radical (unpaired) electrons. The lowest BCUT2D eigenvalue weighted by Gasteiger charge is -2.30. The highest BCUT2D eigenvalue weighted by Crippen LogP contribution is 2.15.